The highest BCUT2D eigenvalue weighted by Crippen LogP contribution is 2.13. The third-order valence-electron chi connectivity index (χ3n) is 2.39. The van der Waals surface area contributed by atoms with Crippen LogP contribution >= 0.6 is 11.6 Å². The zero-order valence-corrected chi connectivity index (χ0v) is 10.2. The first-order valence-corrected chi connectivity index (χ1v) is 5.66. The van der Waals surface area contributed by atoms with Crippen LogP contribution in [-0.4, -0.2) is 23.5 Å². The lowest BCUT2D eigenvalue weighted by Crippen LogP contribution is -2.29. The molecule has 0 aliphatic rings. The third-order valence-corrected chi connectivity index (χ3v) is 2.59. The Kier molecular flexibility index (Phi) is 5.03. The Bertz CT molecular complexity index is 402. The zero-order chi connectivity index (χ0) is 12.8. The topological polar surface area (TPSA) is 79.5 Å². The van der Waals surface area contributed by atoms with E-state index in [0.717, 1.165) is 0 Å². The molecule has 1 unspecified atom stereocenters. The number of rotatable bonds is 6. The molecule has 1 rings (SSSR count). The molecule has 0 aliphatic heterocycles. The van der Waals surface area contributed by atoms with E-state index in [4.69, 9.17) is 21.1 Å². The van der Waals surface area contributed by atoms with Gasteiger partial charge < -0.3 is 14.8 Å². The predicted molar refractivity (Wildman–Crippen MR) is 62.1 cm³/mol. The van der Waals surface area contributed by atoms with Gasteiger partial charge in [-0.2, -0.15) is 0 Å². The molecular formula is C11H14ClNO4. The predicted octanol–water partition coefficient (Wildman–Crippen LogP) is 2.16. The SMILES string of the molecule is CCC(CNC(=O)c1ccc(Cl)o1)CC(=O)O. The van der Waals surface area contributed by atoms with E-state index in [1.807, 2.05) is 6.92 Å². The molecule has 5 nitrogen and oxygen atoms in total. The van der Waals surface area contributed by atoms with Crippen LogP contribution in [0.2, 0.25) is 5.22 Å². The highest BCUT2D eigenvalue weighted by molar-refractivity contribution is 6.29. The Morgan fingerprint density at radius 1 is 1.53 bits per heavy atom. The van der Waals surface area contributed by atoms with Gasteiger partial charge >= 0.3 is 5.97 Å². The molecule has 1 aromatic heterocycles. The van der Waals surface area contributed by atoms with E-state index in [1.165, 1.54) is 12.1 Å². The summed E-state index contributed by atoms with van der Waals surface area (Å²) in [5.41, 5.74) is 0. The standard InChI is InChI=1S/C11H14ClNO4/c1-2-7(5-10(14)15)6-13-11(16)8-3-4-9(12)17-8/h3-4,7H,2,5-6H2,1H3,(H,13,16)(H,14,15). The van der Waals surface area contributed by atoms with Gasteiger partial charge in [0, 0.05) is 13.0 Å². The van der Waals surface area contributed by atoms with Crippen LogP contribution in [0.5, 0.6) is 0 Å². The second-order valence-electron chi connectivity index (χ2n) is 3.69. The van der Waals surface area contributed by atoms with Gasteiger partial charge in [0.2, 0.25) is 0 Å². The van der Waals surface area contributed by atoms with Gasteiger partial charge in [-0.15, -0.1) is 0 Å². The average molecular weight is 260 g/mol. The summed E-state index contributed by atoms with van der Waals surface area (Å²) in [6.45, 7) is 2.18. The fourth-order valence-electron chi connectivity index (χ4n) is 1.37. The number of hydrogen-bond donors (Lipinski definition) is 2. The lowest BCUT2D eigenvalue weighted by Gasteiger charge is -2.12. The molecule has 6 heteroatoms. The van der Waals surface area contributed by atoms with E-state index in [2.05, 4.69) is 5.32 Å². The molecule has 17 heavy (non-hydrogen) atoms. The second-order valence-corrected chi connectivity index (χ2v) is 4.06. The summed E-state index contributed by atoms with van der Waals surface area (Å²) in [7, 11) is 0. The summed E-state index contributed by atoms with van der Waals surface area (Å²) in [6, 6.07) is 2.95. The van der Waals surface area contributed by atoms with Crippen molar-refractivity contribution in [2.45, 2.75) is 19.8 Å². The van der Waals surface area contributed by atoms with Gasteiger partial charge in [-0.25, -0.2) is 0 Å². The fourth-order valence-corrected chi connectivity index (χ4v) is 1.51. The van der Waals surface area contributed by atoms with Crippen molar-refractivity contribution in [3.8, 4) is 0 Å². The third kappa shape index (κ3) is 4.48. The number of amides is 1. The number of hydrogen-bond acceptors (Lipinski definition) is 3. The quantitative estimate of drug-likeness (QED) is 0.820. The molecule has 0 spiro atoms. The van der Waals surface area contributed by atoms with Crippen LogP contribution < -0.4 is 5.32 Å². The van der Waals surface area contributed by atoms with Crippen molar-refractivity contribution in [1.29, 1.82) is 0 Å². The van der Waals surface area contributed by atoms with Crippen LogP contribution in [0, 0.1) is 5.92 Å². The van der Waals surface area contributed by atoms with Crippen molar-refractivity contribution >= 4 is 23.5 Å². The van der Waals surface area contributed by atoms with E-state index in [1.54, 1.807) is 0 Å². The highest BCUT2D eigenvalue weighted by atomic mass is 35.5. The zero-order valence-electron chi connectivity index (χ0n) is 9.40. The van der Waals surface area contributed by atoms with Crippen molar-refractivity contribution in [2.24, 2.45) is 5.92 Å². The Morgan fingerprint density at radius 2 is 2.24 bits per heavy atom. The van der Waals surface area contributed by atoms with Crippen LogP contribution in [0.3, 0.4) is 0 Å². The summed E-state index contributed by atoms with van der Waals surface area (Å²) in [5, 5.41) is 11.4. The summed E-state index contributed by atoms with van der Waals surface area (Å²) in [4.78, 5) is 22.1. The maximum Gasteiger partial charge on any atom is 0.303 e. The highest BCUT2D eigenvalue weighted by Gasteiger charge is 2.15. The minimum absolute atomic E-state index is 0.0374. The molecule has 0 aliphatic carbocycles. The molecule has 94 valence electrons. The van der Waals surface area contributed by atoms with Gasteiger partial charge in [0.25, 0.3) is 5.91 Å². The van der Waals surface area contributed by atoms with Gasteiger partial charge in [-0.3, -0.25) is 9.59 Å². The van der Waals surface area contributed by atoms with Crippen LogP contribution in [0.15, 0.2) is 16.5 Å². The summed E-state index contributed by atoms with van der Waals surface area (Å²) < 4.78 is 4.93. The second kappa shape index (κ2) is 6.30. The molecule has 0 fully saturated rings. The number of carboxylic acid groups (broad SMARTS) is 1. The first-order chi connectivity index (χ1) is 8.02. The molecule has 1 atom stereocenters. The minimum Gasteiger partial charge on any atom is -0.481 e. The Balaban J connectivity index is 2.44. The van der Waals surface area contributed by atoms with Crippen molar-refractivity contribution in [3.05, 3.63) is 23.1 Å². The van der Waals surface area contributed by atoms with Crippen molar-refractivity contribution in [1.82, 2.24) is 5.32 Å². The monoisotopic (exact) mass is 259 g/mol. The van der Waals surface area contributed by atoms with E-state index in [-0.39, 0.29) is 29.2 Å². The number of carboxylic acids is 1. The van der Waals surface area contributed by atoms with Crippen molar-refractivity contribution < 1.29 is 19.1 Å². The molecule has 0 bridgehead atoms. The molecular weight excluding hydrogens is 246 g/mol. The molecule has 0 saturated heterocycles. The van der Waals surface area contributed by atoms with Crippen LogP contribution in [0.1, 0.15) is 30.3 Å². The van der Waals surface area contributed by atoms with E-state index in [0.29, 0.717) is 13.0 Å². The number of furan rings is 1. The fraction of sp³-hybridized carbons (Fsp3) is 0.455. The van der Waals surface area contributed by atoms with Gasteiger partial charge in [0.05, 0.1) is 0 Å². The number of aliphatic carboxylic acids is 1. The minimum atomic E-state index is -0.868. The van der Waals surface area contributed by atoms with Crippen LogP contribution in [0.4, 0.5) is 0 Å². The number of halogens is 1. The van der Waals surface area contributed by atoms with Gasteiger partial charge in [0.1, 0.15) is 0 Å². The molecule has 1 heterocycles. The first-order valence-electron chi connectivity index (χ1n) is 5.28. The molecule has 2 N–H and O–H groups in total. The molecule has 0 aromatic carbocycles. The molecule has 0 saturated carbocycles. The van der Waals surface area contributed by atoms with Crippen LogP contribution in [-0.2, 0) is 4.79 Å². The van der Waals surface area contributed by atoms with Crippen molar-refractivity contribution in [2.75, 3.05) is 6.54 Å². The number of nitrogens with one attached hydrogen (secondary N) is 1. The Morgan fingerprint density at radius 3 is 2.71 bits per heavy atom. The summed E-state index contributed by atoms with van der Waals surface area (Å²) in [5.74, 6) is -1.21. The van der Waals surface area contributed by atoms with Crippen LogP contribution in [0.25, 0.3) is 0 Å². The van der Waals surface area contributed by atoms with E-state index >= 15 is 0 Å². The van der Waals surface area contributed by atoms with Gasteiger partial charge in [-0.1, -0.05) is 13.3 Å². The summed E-state index contributed by atoms with van der Waals surface area (Å²) >= 11 is 5.54. The lowest BCUT2D eigenvalue weighted by atomic mass is 10.0. The molecule has 0 radical (unpaired) electrons. The summed E-state index contributed by atoms with van der Waals surface area (Å²) in [6.07, 6.45) is 0.723. The van der Waals surface area contributed by atoms with Gasteiger partial charge in [-0.05, 0) is 29.7 Å². The number of carbonyl (C=O) groups is 2. The lowest BCUT2D eigenvalue weighted by molar-refractivity contribution is -0.138. The Labute approximate surface area is 104 Å². The normalized spacial score (nSPS) is 12.1. The van der Waals surface area contributed by atoms with Crippen molar-refractivity contribution in [3.63, 3.8) is 0 Å². The largest absolute Gasteiger partial charge is 0.481 e. The van der Waals surface area contributed by atoms with E-state index < -0.39 is 5.97 Å². The van der Waals surface area contributed by atoms with E-state index in [9.17, 15) is 9.59 Å². The molecule has 1 amide bonds. The smallest absolute Gasteiger partial charge is 0.303 e. The Hall–Kier alpha value is -1.49. The number of carbonyl (C=O) groups excluding carboxylic acids is 1. The van der Waals surface area contributed by atoms with Gasteiger partial charge in [0.15, 0.2) is 11.0 Å². The first kappa shape index (κ1) is 13.6. The maximum atomic E-state index is 11.6. The molecule has 1 aromatic rings. The maximum absolute atomic E-state index is 11.6. The average Bonchev–Trinajstić information content (AvgIpc) is 2.70.